The van der Waals surface area contributed by atoms with Crippen molar-refractivity contribution in [3.8, 4) is 0 Å². The Labute approximate surface area is 146 Å². The summed E-state index contributed by atoms with van der Waals surface area (Å²) in [6.45, 7) is 3.82. The Morgan fingerprint density at radius 1 is 1.12 bits per heavy atom. The number of aromatic nitrogens is 1. The summed E-state index contributed by atoms with van der Waals surface area (Å²) in [6, 6.07) is 12.9. The lowest BCUT2D eigenvalue weighted by molar-refractivity contribution is -0.116. The first-order valence-corrected chi connectivity index (χ1v) is 8.75. The van der Waals surface area contributed by atoms with E-state index in [1.54, 1.807) is 18.3 Å². The Balaban J connectivity index is 1.88. The molecule has 0 radical (unpaired) electrons. The zero-order valence-corrected chi connectivity index (χ0v) is 14.6. The van der Waals surface area contributed by atoms with Gasteiger partial charge >= 0.3 is 0 Å². The first-order chi connectivity index (χ1) is 11.6. The quantitative estimate of drug-likeness (QED) is 0.747. The molecule has 2 N–H and O–H groups in total. The maximum Gasteiger partial charge on any atom is 0.238 e. The van der Waals surface area contributed by atoms with Gasteiger partial charge in [-0.1, -0.05) is 13.0 Å². The molecule has 1 aromatic heterocycles. The van der Waals surface area contributed by atoms with E-state index in [9.17, 15) is 9.59 Å². The van der Waals surface area contributed by atoms with Crippen LogP contribution in [-0.4, -0.2) is 22.0 Å². The molecule has 0 spiro atoms. The minimum absolute atomic E-state index is 0.0148. The van der Waals surface area contributed by atoms with Gasteiger partial charge < -0.3 is 10.6 Å². The third-order valence-electron chi connectivity index (χ3n) is 3.21. The number of amides is 2. The fourth-order valence-corrected chi connectivity index (χ4v) is 2.86. The monoisotopic (exact) mass is 343 g/mol. The van der Waals surface area contributed by atoms with E-state index in [1.807, 2.05) is 44.2 Å². The van der Waals surface area contributed by atoms with Gasteiger partial charge in [-0.2, -0.15) is 0 Å². The molecule has 0 aliphatic carbocycles. The van der Waals surface area contributed by atoms with E-state index in [-0.39, 0.29) is 17.1 Å². The van der Waals surface area contributed by atoms with E-state index in [4.69, 9.17) is 0 Å². The molecule has 0 bridgehead atoms. The van der Waals surface area contributed by atoms with Crippen molar-refractivity contribution in [3.05, 3.63) is 48.7 Å². The largest absolute Gasteiger partial charge is 0.326 e. The van der Waals surface area contributed by atoms with Crippen LogP contribution in [0.4, 0.5) is 11.5 Å². The molecule has 0 aliphatic rings. The van der Waals surface area contributed by atoms with E-state index in [0.717, 1.165) is 17.0 Å². The number of rotatable bonds is 7. The van der Waals surface area contributed by atoms with Gasteiger partial charge in [0.1, 0.15) is 5.82 Å². The van der Waals surface area contributed by atoms with Crippen LogP contribution >= 0.6 is 11.8 Å². The van der Waals surface area contributed by atoms with Crippen LogP contribution in [0.1, 0.15) is 26.7 Å². The van der Waals surface area contributed by atoms with Gasteiger partial charge in [0, 0.05) is 23.2 Å². The number of nitrogens with one attached hydrogen (secondary N) is 2. The Hall–Kier alpha value is -2.34. The summed E-state index contributed by atoms with van der Waals surface area (Å²) in [5.41, 5.74) is 0.767. The number of carbonyl (C=O) groups is 2. The molecule has 1 unspecified atom stereocenters. The summed E-state index contributed by atoms with van der Waals surface area (Å²) in [6.07, 6.45) is 2.98. The second kappa shape index (κ2) is 9.08. The maximum atomic E-state index is 12.2. The predicted octanol–water partition coefficient (Wildman–Crippen LogP) is 3.94. The smallest absolute Gasteiger partial charge is 0.238 e. The van der Waals surface area contributed by atoms with Crippen molar-refractivity contribution in [1.29, 1.82) is 0 Å². The lowest BCUT2D eigenvalue weighted by Gasteiger charge is -2.12. The number of carbonyl (C=O) groups excluding carboxylic acids is 2. The van der Waals surface area contributed by atoms with Crippen molar-refractivity contribution in [1.82, 2.24) is 4.98 Å². The Kier molecular flexibility index (Phi) is 6.81. The fourth-order valence-electron chi connectivity index (χ4n) is 1.99. The topological polar surface area (TPSA) is 71.1 Å². The minimum Gasteiger partial charge on any atom is -0.326 e. The third-order valence-corrected chi connectivity index (χ3v) is 4.33. The van der Waals surface area contributed by atoms with Crippen LogP contribution in [0.3, 0.4) is 0 Å². The summed E-state index contributed by atoms with van der Waals surface area (Å²) in [4.78, 5) is 28.8. The molecule has 0 saturated heterocycles. The second-order valence-electron chi connectivity index (χ2n) is 5.29. The van der Waals surface area contributed by atoms with Gasteiger partial charge in [0.05, 0.1) is 5.25 Å². The molecule has 1 aromatic carbocycles. The highest BCUT2D eigenvalue weighted by molar-refractivity contribution is 8.00. The molecular weight excluding hydrogens is 322 g/mol. The second-order valence-corrected chi connectivity index (χ2v) is 6.70. The van der Waals surface area contributed by atoms with Crippen LogP contribution in [0.5, 0.6) is 0 Å². The predicted molar refractivity (Wildman–Crippen MR) is 98.2 cm³/mol. The number of hydrogen-bond acceptors (Lipinski definition) is 4. The highest BCUT2D eigenvalue weighted by Gasteiger charge is 2.15. The number of nitrogens with zero attached hydrogens (tertiary/aromatic N) is 1. The zero-order valence-electron chi connectivity index (χ0n) is 13.8. The highest BCUT2D eigenvalue weighted by atomic mass is 32.2. The van der Waals surface area contributed by atoms with E-state index in [1.165, 1.54) is 11.8 Å². The average Bonchev–Trinajstić information content (AvgIpc) is 2.57. The van der Waals surface area contributed by atoms with Crippen molar-refractivity contribution < 1.29 is 9.59 Å². The summed E-state index contributed by atoms with van der Waals surface area (Å²) >= 11 is 1.46. The summed E-state index contributed by atoms with van der Waals surface area (Å²) in [5, 5.41) is 5.37. The Morgan fingerprint density at radius 3 is 2.50 bits per heavy atom. The van der Waals surface area contributed by atoms with Crippen LogP contribution in [0.2, 0.25) is 0 Å². The molecule has 0 aliphatic heterocycles. The van der Waals surface area contributed by atoms with Gasteiger partial charge in [-0.3, -0.25) is 9.59 Å². The molecule has 0 saturated carbocycles. The molecule has 2 aromatic rings. The first kappa shape index (κ1) is 18.0. The third kappa shape index (κ3) is 5.70. The number of thioether (sulfide) groups is 1. The van der Waals surface area contributed by atoms with Gasteiger partial charge in [-0.05, 0) is 49.7 Å². The van der Waals surface area contributed by atoms with Gasteiger partial charge in [-0.15, -0.1) is 11.8 Å². The molecule has 1 heterocycles. The molecular formula is C18H21N3O2S. The van der Waals surface area contributed by atoms with Gasteiger partial charge in [0.15, 0.2) is 0 Å². The Morgan fingerprint density at radius 2 is 1.88 bits per heavy atom. The van der Waals surface area contributed by atoms with Crippen molar-refractivity contribution in [2.75, 3.05) is 10.6 Å². The van der Waals surface area contributed by atoms with Crippen LogP contribution in [0.25, 0.3) is 0 Å². The van der Waals surface area contributed by atoms with E-state index in [0.29, 0.717) is 12.2 Å². The normalized spacial score (nSPS) is 11.6. The molecule has 0 fully saturated rings. The molecule has 6 heteroatoms. The summed E-state index contributed by atoms with van der Waals surface area (Å²) in [5.74, 6) is 0.462. The van der Waals surface area contributed by atoms with E-state index < -0.39 is 0 Å². The van der Waals surface area contributed by atoms with E-state index in [2.05, 4.69) is 15.6 Å². The standard InChI is InChI=1S/C18H21N3O2S/c1-3-6-17(22)20-14-8-10-15(11-9-14)24-13(2)18(23)21-16-7-4-5-12-19-16/h4-5,7-13H,3,6H2,1-2H3,(H,20,22)(H,19,21,23). The van der Waals surface area contributed by atoms with Crippen LogP contribution in [0.15, 0.2) is 53.6 Å². The highest BCUT2D eigenvalue weighted by Crippen LogP contribution is 2.25. The molecule has 2 amide bonds. The SMILES string of the molecule is CCCC(=O)Nc1ccc(SC(C)C(=O)Nc2ccccn2)cc1. The lowest BCUT2D eigenvalue weighted by atomic mass is 10.3. The number of benzene rings is 1. The van der Waals surface area contributed by atoms with Crippen LogP contribution in [0, 0.1) is 0 Å². The zero-order chi connectivity index (χ0) is 17.4. The molecule has 126 valence electrons. The van der Waals surface area contributed by atoms with E-state index >= 15 is 0 Å². The molecule has 5 nitrogen and oxygen atoms in total. The van der Waals surface area contributed by atoms with Crippen molar-refractivity contribution >= 4 is 35.1 Å². The van der Waals surface area contributed by atoms with Gasteiger partial charge in [-0.25, -0.2) is 4.98 Å². The number of pyridine rings is 1. The molecule has 1 atom stereocenters. The van der Waals surface area contributed by atoms with Gasteiger partial charge in [0.2, 0.25) is 11.8 Å². The van der Waals surface area contributed by atoms with Crippen LogP contribution < -0.4 is 10.6 Å². The average molecular weight is 343 g/mol. The number of hydrogen-bond donors (Lipinski definition) is 2. The van der Waals surface area contributed by atoms with Gasteiger partial charge in [0.25, 0.3) is 0 Å². The molecule has 24 heavy (non-hydrogen) atoms. The van der Waals surface area contributed by atoms with Crippen molar-refractivity contribution in [2.24, 2.45) is 0 Å². The summed E-state index contributed by atoms with van der Waals surface area (Å²) in [7, 11) is 0. The van der Waals surface area contributed by atoms with Crippen molar-refractivity contribution in [3.63, 3.8) is 0 Å². The maximum absolute atomic E-state index is 12.2. The summed E-state index contributed by atoms with van der Waals surface area (Å²) < 4.78 is 0. The van der Waals surface area contributed by atoms with Crippen molar-refractivity contribution in [2.45, 2.75) is 36.8 Å². The fraction of sp³-hybridized carbons (Fsp3) is 0.278. The minimum atomic E-state index is -0.257. The van der Waals surface area contributed by atoms with Crippen LogP contribution in [-0.2, 0) is 9.59 Å². The Bertz CT molecular complexity index is 674. The number of anilines is 2. The first-order valence-electron chi connectivity index (χ1n) is 7.87. The lowest BCUT2D eigenvalue weighted by Crippen LogP contribution is -2.22. The molecule has 2 rings (SSSR count).